The van der Waals surface area contributed by atoms with E-state index in [1.54, 1.807) is 6.92 Å². The van der Waals surface area contributed by atoms with E-state index in [0.717, 1.165) is 12.8 Å². The van der Waals surface area contributed by atoms with Gasteiger partial charge in [-0.15, -0.1) is 0 Å². The molecule has 2 nitrogen and oxygen atoms in total. The van der Waals surface area contributed by atoms with E-state index in [1.807, 2.05) is 0 Å². The molecule has 2 heteroatoms. The van der Waals surface area contributed by atoms with E-state index in [0.29, 0.717) is 5.78 Å². The van der Waals surface area contributed by atoms with Crippen LogP contribution in [0.1, 0.15) is 59.3 Å². The van der Waals surface area contributed by atoms with Crippen LogP contribution in [0.4, 0.5) is 0 Å². The summed E-state index contributed by atoms with van der Waals surface area (Å²) in [6.07, 6.45) is 6.76. The van der Waals surface area contributed by atoms with Crippen molar-refractivity contribution in [3.63, 3.8) is 0 Å². The average Bonchev–Trinajstić information content (AvgIpc) is 2.17. The second kappa shape index (κ2) is 10.2. The topological polar surface area (TPSA) is 20.3 Å². The molecule has 0 saturated heterocycles. The van der Waals surface area contributed by atoms with Gasteiger partial charge >= 0.3 is 0 Å². The van der Waals surface area contributed by atoms with Crippen LogP contribution in [0.25, 0.3) is 0 Å². The summed E-state index contributed by atoms with van der Waals surface area (Å²) >= 11 is 0. The van der Waals surface area contributed by atoms with Gasteiger partial charge in [0, 0.05) is 6.42 Å². The van der Waals surface area contributed by atoms with E-state index in [9.17, 15) is 4.79 Å². The summed E-state index contributed by atoms with van der Waals surface area (Å²) in [4.78, 5) is 13.3. The third-order valence-corrected chi connectivity index (χ3v) is 2.58. The highest BCUT2D eigenvalue weighted by Gasteiger charge is 2.01. The molecule has 0 spiro atoms. The third-order valence-electron chi connectivity index (χ3n) is 2.58. The van der Waals surface area contributed by atoms with Crippen molar-refractivity contribution in [2.24, 2.45) is 0 Å². The molecule has 0 amide bonds. The van der Waals surface area contributed by atoms with E-state index < -0.39 is 0 Å². The maximum Gasteiger partial charge on any atom is 0.129 e. The lowest BCUT2D eigenvalue weighted by atomic mass is 10.1. The molecule has 0 rings (SSSR count). The van der Waals surface area contributed by atoms with E-state index >= 15 is 0 Å². The second-order valence-corrected chi connectivity index (χ2v) is 4.35. The zero-order chi connectivity index (χ0) is 11.5. The Morgan fingerprint density at radius 1 is 0.933 bits per heavy atom. The largest absolute Gasteiger partial charge is 0.303 e. The standard InChI is InChI=1S/C13H27NO/c1-4-10-14(11-5-2)12-8-6-7-9-13(3)15/h4-12H2,1-3H3. The van der Waals surface area contributed by atoms with Gasteiger partial charge in [0.05, 0.1) is 0 Å². The smallest absolute Gasteiger partial charge is 0.129 e. The van der Waals surface area contributed by atoms with Gasteiger partial charge in [0.25, 0.3) is 0 Å². The molecule has 0 N–H and O–H groups in total. The minimum absolute atomic E-state index is 0.328. The summed E-state index contributed by atoms with van der Waals surface area (Å²) in [6.45, 7) is 9.80. The molecule has 0 heterocycles. The van der Waals surface area contributed by atoms with Crippen molar-refractivity contribution in [2.45, 2.75) is 59.3 Å². The van der Waals surface area contributed by atoms with Crippen LogP contribution >= 0.6 is 0 Å². The third kappa shape index (κ3) is 9.92. The molecule has 0 radical (unpaired) electrons. The predicted molar refractivity (Wildman–Crippen MR) is 66.2 cm³/mol. The molecule has 0 fully saturated rings. The molecular formula is C13H27NO. The predicted octanol–water partition coefficient (Wildman–Crippen LogP) is 3.26. The molecule has 0 aromatic heterocycles. The Morgan fingerprint density at radius 2 is 1.53 bits per heavy atom. The average molecular weight is 213 g/mol. The molecule has 0 bridgehead atoms. The van der Waals surface area contributed by atoms with Crippen LogP contribution in [0.2, 0.25) is 0 Å². The molecule has 0 atom stereocenters. The number of carbonyl (C=O) groups excluding carboxylic acids is 1. The first-order valence-electron chi connectivity index (χ1n) is 6.42. The van der Waals surface area contributed by atoms with Crippen molar-refractivity contribution in [1.82, 2.24) is 4.90 Å². The van der Waals surface area contributed by atoms with Crippen LogP contribution in [0.15, 0.2) is 0 Å². The normalized spacial score (nSPS) is 10.9. The fourth-order valence-corrected chi connectivity index (χ4v) is 1.85. The quantitative estimate of drug-likeness (QED) is 0.519. The van der Waals surface area contributed by atoms with Crippen molar-refractivity contribution in [1.29, 1.82) is 0 Å². The molecular weight excluding hydrogens is 186 g/mol. The Bertz CT molecular complexity index is 151. The van der Waals surface area contributed by atoms with Gasteiger partial charge in [0.2, 0.25) is 0 Å². The number of rotatable bonds is 10. The maximum absolute atomic E-state index is 10.7. The lowest BCUT2D eigenvalue weighted by Crippen LogP contribution is -2.26. The lowest BCUT2D eigenvalue weighted by molar-refractivity contribution is -0.117. The van der Waals surface area contributed by atoms with Crippen molar-refractivity contribution in [2.75, 3.05) is 19.6 Å². The first-order chi connectivity index (χ1) is 7.20. The fourth-order valence-electron chi connectivity index (χ4n) is 1.85. The summed E-state index contributed by atoms with van der Waals surface area (Å²) in [6, 6.07) is 0. The highest BCUT2D eigenvalue weighted by molar-refractivity contribution is 5.75. The monoisotopic (exact) mass is 213 g/mol. The Labute approximate surface area is 95.0 Å². The van der Waals surface area contributed by atoms with Gasteiger partial charge in [-0.2, -0.15) is 0 Å². The molecule has 0 aliphatic carbocycles. The van der Waals surface area contributed by atoms with Crippen molar-refractivity contribution >= 4 is 5.78 Å². The van der Waals surface area contributed by atoms with Gasteiger partial charge < -0.3 is 9.69 Å². The lowest BCUT2D eigenvalue weighted by Gasteiger charge is -2.20. The van der Waals surface area contributed by atoms with Gasteiger partial charge in [0.1, 0.15) is 5.78 Å². The molecule has 0 aliphatic rings. The van der Waals surface area contributed by atoms with Gasteiger partial charge in [-0.1, -0.05) is 20.3 Å². The Morgan fingerprint density at radius 3 is 2.00 bits per heavy atom. The van der Waals surface area contributed by atoms with Crippen molar-refractivity contribution in [3.8, 4) is 0 Å². The first-order valence-corrected chi connectivity index (χ1v) is 6.42. The highest BCUT2D eigenvalue weighted by atomic mass is 16.1. The molecule has 0 unspecified atom stereocenters. The Balaban J connectivity index is 3.39. The number of hydrogen-bond acceptors (Lipinski definition) is 2. The van der Waals surface area contributed by atoms with Crippen LogP contribution in [0.3, 0.4) is 0 Å². The van der Waals surface area contributed by atoms with Gasteiger partial charge in [-0.25, -0.2) is 0 Å². The van der Waals surface area contributed by atoms with Crippen molar-refractivity contribution in [3.05, 3.63) is 0 Å². The Kier molecular flexibility index (Phi) is 9.91. The van der Waals surface area contributed by atoms with E-state index in [2.05, 4.69) is 18.7 Å². The van der Waals surface area contributed by atoms with E-state index in [-0.39, 0.29) is 0 Å². The van der Waals surface area contributed by atoms with Gasteiger partial charge in [0.15, 0.2) is 0 Å². The fraction of sp³-hybridized carbons (Fsp3) is 0.923. The zero-order valence-electron chi connectivity index (χ0n) is 10.7. The molecule has 90 valence electrons. The zero-order valence-corrected chi connectivity index (χ0v) is 10.7. The first kappa shape index (κ1) is 14.6. The van der Waals surface area contributed by atoms with Crippen molar-refractivity contribution < 1.29 is 4.79 Å². The van der Waals surface area contributed by atoms with Gasteiger partial charge in [-0.05, 0) is 52.2 Å². The number of unbranched alkanes of at least 4 members (excludes halogenated alkanes) is 2. The Hall–Kier alpha value is -0.370. The van der Waals surface area contributed by atoms with E-state index in [4.69, 9.17) is 0 Å². The minimum Gasteiger partial charge on any atom is -0.303 e. The molecule has 0 saturated carbocycles. The maximum atomic E-state index is 10.7. The molecule has 0 aliphatic heterocycles. The van der Waals surface area contributed by atoms with Crippen LogP contribution < -0.4 is 0 Å². The number of ketones is 1. The van der Waals surface area contributed by atoms with Crippen LogP contribution in [0, 0.1) is 0 Å². The number of hydrogen-bond donors (Lipinski definition) is 0. The molecule has 0 aromatic rings. The summed E-state index contributed by atoms with van der Waals surface area (Å²) < 4.78 is 0. The number of carbonyl (C=O) groups is 1. The second-order valence-electron chi connectivity index (χ2n) is 4.35. The van der Waals surface area contributed by atoms with Crippen LogP contribution in [0.5, 0.6) is 0 Å². The van der Waals surface area contributed by atoms with Crippen LogP contribution in [-0.2, 0) is 4.79 Å². The van der Waals surface area contributed by atoms with Gasteiger partial charge in [-0.3, -0.25) is 0 Å². The summed E-state index contributed by atoms with van der Waals surface area (Å²) in [7, 11) is 0. The SMILES string of the molecule is CCCN(CCC)CCCCCC(C)=O. The minimum atomic E-state index is 0.328. The highest BCUT2D eigenvalue weighted by Crippen LogP contribution is 2.03. The number of nitrogens with zero attached hydrogens (tertiary/aromatic N) is 1. The van der Waals surface area contributed by atoms with E-state index in [1.165, 1.54) is 45.3 Å². The summed E-state index contributed by atoms with van der Waals surface area (Å²) in [5, 5.41) is 0. The molecule has 15 heavy (non-hydrogen) atoms. The summed E-state index contributed by atoms with van der Waals surface area (Å²) in [5.41, 5.74) is 0. The number of Topliss-reactive ketones (excluding diaryl/α,β-unsaturated/α-hetero) is 1. The summed E-state index contributed by atoms with van der Waals surface area (Å²) in [5.74, 6) is 0.328. The van der Waals surface area contributed by atoms with Crippen LogP contribution in [-0.4, -0.2) is 30.3 Å². The molecule has 0 aromatic carbocycles.